The Morgan fingerprint density at radius 3 is 2.65 bits per heavy atom. The van der Waals surface area contributed by atoms with Crippen molar-refractivity contribution in [2.45, 2.75) is 24.4 Å². The third-order valence-electron chi connectivity index (χ3n) is 5.53. The Labute approximate surface area is 136 Å². The lowest BCUT2D eigenvalue weighted by molar-refractivity contribution is -0.0216. The highest BCUT2D eigenvalue weighted by atomic mass is 16.3. The van der Waals surface area contributed by atoms with E-state index in [9.17, 15) is 5.11 Å². The largest absolute Gasteiger partial charge is 0.384 e. The maximum absolute atomic E-state index is 11.6. The number of benzene rings is 2. The van der Waals surface area contributed by atoms with Gasteiger partial charge in [-0.15, -0.1) is 0 Å². The summed E-state index contributed by atoms with van der Waals surface area (Å²) in [6.45, 7) is 3.66. The lowest BCUT2D eigenvalue weighted by atomic mass is 9.64. The summed E-state index contributed by atoms with van der Waals surface area (Å²) >= 11 is 0. The monoisotopic (exact) mass is 306 g/mol. The van der Waals surface area contributed by atoms with Gasteiger partial charge in [0, 0.05) is 23.7 Å². The predicted octanol–water partition coefficient (Wildman–Crippen LogP) is 3.31. The number of fused-ring (bicyclic) bond motifs is 1. The highest BCUT2D eigenvalue weighted by Gasteiger charge is 2.51. The predicted molar refractivity (Wildman–Crippen MR) is 93.5 cm³/mol. The summed E-state index contributed by atoms with van der Waals surface area (Å²) in [6, 6.07) is 18.6. The van der Waals surface area contributed by atoms with Crippen molar-refractivity contribution < 1.29 is 5.11 Å². The van der Waals surface area contributed by atoms with Crippen molar-refractivity contribution in [1.29, 1.82) is 0 Å². The van der Waals surface area contributed by atoms with Gasteiger partial charge in [0.05, 0.1) is 5.60 Å². The molecule has 4 rings (SSSR count). The Kier molecular flexibility index (Phi) is 3.29. The molecule has 0 saturated carbocycles. The Balaban J connectivity index is 1.88. The first-order chi connectivity index (χ1) is 11.1. The summed E-state index contributed by atoms with van der Waals surface area (Å²) in [5.74, 6) is 0. The van der Waals surface area contributed by atoms with Crippen molar-refractivity contribution in [1.82, 2.24) is 10.3 Å². The zero-order valence-corrected chi connectivity index (χ0v) is 13.3. The molecule has 1 saturated heterocycles. The molecule has 2 aromatic carbocycles. The molecule has 3 aromatic rings. The van der Waals surface area contributed by atoms with Gasteiger partial charge in [-0.3, -0.25) is 0 Å². The molecule has 118 valence electrons. The smallest absolute Gasteiger partial charge is 0.0977 e. The summed E-state index contributed by atoms with van der Waals surface area (Å²) < 4.78 is 0. The lowest BCUT2D eigenvalue weighted by Crippen LogP contribution is -2.48. The number of aromatic nitrogens is 1. The van der Waals surface area contributed by atoms with Gasteiger partial charge in [-0.2, -0.15) is 0 Å². The van der Waals surface area contributed by atoms with Crippen LogP contribution in [0, 0.1) is 0 Å². The number of nitrogens with one attached hydrogen (secondary N) is 2. The van der Waals surface area contributed by atoms with E-state index in [1.807, 2.05) is 43.5 Å². The Morgan fingerprint density at radius 2 is 1.91 bits per heavy atom. The van der Waals surface area contributed by atoms with Crippen LogP contribution in [0.4, 0.5) is 0 Å². The molecule has 2 heterocycles. The Bertz CT molecular complexity index is 814. The van der Waals surface area contributed by atoms with E-state index in [0.717, 1.165) is 30.6 Å². The molecule has 1 fully saturated rings. The van der Waals surface area contributed by atoms with Crippen LogP contribution in [0.5, 0.6) is 0 Å². The van der Waals surface area contributed by atoms with Gasteiger partial charge in [-0.25, -0.2) is 0 Å². The van der Waals surface area contributed by atoms with E-state index in [1.54, 1.807) is 0 Å². The minimum absolute atomic E-state index is 0.320. The van der Waals surface area contributed by atoms with Crippen LogP contribution >= 0.6 is 0 Å². The molecule has 0 radical (unpaired) electrons. The molecular formula is C20H22N2O. The molecule has 3 nitrogen and oxygen atoms in total. The maximum Gasteiger partial charge on any atom is 0.0977 e. The molecule has 1 aliphatic heterocycles. The number of hydrogen-bond acceptors (Lipinski definition) is 2. The average Bonchev–Trinajstić information content (AvgIpc) is 3.25. The molecule has 0 bridgehead atoms. The Hall–Kier alpha value is -2.10. The number of hydrogen-bond donors (Lipinski definition) is 3. The topological polar surface area (TPSA) is 48.0 Å². The van der Waals surface area contributed by atoms with Gasteiger partial charge in [0.2, 0.25) is 0 Å². The zero-order chi connectivity index (χ0) is 15.9. The second-order valence-corrected chi connectivity index (χ2v) is 6.73. The fraction of sp³-hybridized carbons (Fsp3) is 0.300. The lowest BCUT2D eigenvalue weighted by Gasteiger charge is -2.43. The highest BCUT2D eigenvalue weighted by Crippen LogP contribution is 2.47. The molecule has 0 spiro atoms. The van der Waals surface area contributed by atoms with E-state index in [1.165, 1.54) is 10.9 Å². The highest BCUT2D eigenvalue weighted by molar-refractivity contribution is 5.80. The van der Waals surface area contributed by atoms with Crippen molar-refractivity contribution in [3.63, 3.8) is 0 Å². The van der Waals surface area contributed by atoms with E-state index in [2.05, 4.69) is 34.6 Å². The van der Waals surface area contributed by atoms with E-state index in [4.69, 9.17) is 0 Å². The number of rotatable bonds is 3. The van der Waals surface area contributed by atoms with Crippen LogP contribution in [-0.2, 0) is 11.0 Å². The molecule has 2 atom stereocenters. The number of aromatic amines is 1. The van der Waals surface area contributed by atoms with Crippen LogP contribution < -0.4 is 5.32 Å². The zero-order valence-electron chi connectivity index (χ0n) is 13.3. The second-order valence-electron chi connectivity index (χ2n) is 6.73. The van der Waals surface area contributed by atoms with Crippen molar-refractivity contribution in [2.24, 2.45) is 0 Å². The molecular weight excluding hydrogens is 284 g/mol. The summed E-state index contributed by atoms with van der Waals surface area (Å²) in [4.78, 5) is 3.24. The second kappa shape index (κ2) is 5.22. The number of aliphatic hydroxyl groups is 1. The summed E-state index contributed by atoms with van der Waals surface area (Å²) in [7, 11) is 0. The third kappa shape index (κ3) is 2.12. The number of H-pyrrole nitrogens is 1. The van der Waals surface area contributed by atoms with Gasteiger partial charge >= 0.3 is 0 Å². The first-order valence-electron chi connectivity index (χ1n) is 8.20. The Morgan fingerprint density at radius 1 is 1.09 bits per heavy atom. The first-order valence-corrected chi connectivity index (χ1v) is 8.20. The van der Waals surface area contributed by atoms with Gasteiger partial charge in [0.1, 0.15) is 0 Å². The van der Waals surface area contributed by atoms with Crippen LogP contribution in [0.3, 0.4) is 0 Å². The quantitative estimate of drug-likeness (QED) is 0.695. The molecule has 1 aromatic heterocycles. The van der Waals surface area contributed by atoms with Gasteiger partial charge in [0.15, 0.2) is 0 Å². The van der Waals surface area contributed by atoms with Gasteiger partial charge in [-0.05, 0) is 54.6 Å². The van der Waals surface area contributed by atoms with Crippen LogP contribution in [0.15, 0.2) is 60.8 Å². The fourth-order valence-corrected chi connectivity index (χ4v) is 4.02. The minimum atomic E-state index is -0.929. The third-order valence-corrected chi connectivity index (χ3v) is 5.53. The van der Waals surface area contributed by atoms with Gasteiger partial charge in [-0.1, -0.05) is 36.4 Å². The molecule has 23 heavy (non-hydrogen) atoms. The van der Waals surface area contributed by atoms with Crippen molar-refractivity contribution >= 4 is 10.9 Å². The molecule has 1 aliphatic rings. The minimum Gasteiger partial charge on any atom is -0.384 e. The van der Waals surface area contributed by atoms with E-state index < -0.39 is 5.60 Å². The van der Waals surface area contributed by atoms with E-state index in [-0.39, 0.29) is 5.41 Å². The van der Waals surface area contributed by atoms with Crippen molar-refractivity contribution in [3.8, 4) is 0 Å². The molecule has 2 unspecified atom stereocenters. The molecule has 3 heteroatoms. The average molecular weight is 306 g/mol. The van der Waals surface area contributed by atoms with Gasteiger partial charge in [0.25, 0.3) is 0 Å². The van der Waals surface area contributed by atoms with Crippen molar-refractivity contribution in [2.75, 3.05) is 13.1 Å². The first kappa shape index (κ1) is 14.5. The SMILES string of the molecule is CC(O)(c1ccccc1)C1(c2ccc3[nH]ccc3c2)CCNC1. The summed E-state index contributed by atoms with van der Waals surface area (Å²) in [5.41, 5.74) is 2.05. The van der Waals surface area contributed by atoms with Crippen LogP contribution in [0.1, 0.15) is 24.5 Å². The van der Waals surface area contributed by atoms with E-state index >= 15 is 0 Å². The standard InChI is InChI=1S/C20H22N2O/c1-19(23,16-5-3-2-4-6-16)20(10-12-21-14-20)17-7-8-18-15(13-17)9-11-22-18/h2-9,11,13,21-23H,10,12,14H2,1H3. The van der Waals surface area contributed by atoms with Crippen molar-refractivity contribution in [3.05, 3.63) is 71.9 Å². The van der Waals surface area contributed by atoms with Crippen LogP contribution in [-0.4, -0.2) is 23.2 Å². The summed E-state index contributed by atoms with van der Waals surface area (Å²) in [5, 5.41) is 16.2. The molecule has 0 aliphatic carbocycles. The fourth-order valence-electron chi connectivity index (χ4n) is 4.02. The van der Waals surface area contributed by atoms with E-state index in [0.29, 0.717) is 0 Å². The maximum atomic E-state index is 11.6. The molecule has 0 amide bonds. The van der Waals surface area contributed by atoms with Crippen LogP contribution in [0.2, 0.25) is 0 Å². The van der Waals surface area contributed by atoms with Crippen LogP contribution in [0.25, 0.3) is 10.9 Å². The molecule has 3 N–H and O–H groups in total. The summed E-state index contributed by atoms with van der Waals surface area (Å²) in [6.07, 6.45) is 2.88. The van der Waals surface area contributed by atoms with Gasteiger partial charge < -0.3 is 15.4 Å². The normalized spacial score (nSPS) is 23.9.